The topological polar surface area (TPSA) is 52.3 Å². The SMILES string of the molecule is COc1c(-c2cn3nnccc3n2)ccc(C)c1S. The van der Waals surface area contributed by atoms with Crippen molar-refractivity contribution in [2.75, 3.05) is 7.11 Å². The summed E-state index contributed by atoms with van der Waals surface area (Å²) in [7, 11) is 1.63. The summed E-state index contributed by atoms with van der Waals surface area (Å²) in [6.07, 6.45) is 3.44. The van der Waals surface area contributed by atoms with E-state index in [0.717, 1.165) is 33.1 Å². The van der Waals surface area contributed by atoms with Crippen molar-refractivity contribution in [3.05, 3.63) is 36.2 Å². The van der Waals surface area contributed by atoms with Crippen molar-refractivity contribution in [2.24, 2.45) is 0 Å². The summed E-state index contributed by atoms with van der Waals surface area (Å²) in [5.41, 5.74) is 3.48. The van der Waals surface area contributed by atoms with Gasteiger partial charge in [0.25, 0.3) is 0 Å². The highest BCUT2D eigenvalue weighted by Crippen LogP contribution is 2.36. The predicted octanol–water partition coefficient (Wildman–Crippen LogP) is 2.40. The van der Waals surface area contributed by atoms with Crippen LogP contribution < -0.4 is 4.74 Å². The van der Waals surface area contributed by atoms with E-state index in [1.165, 1.54) is 0 Å². The van der Waals surface area contributed by atoms with Crippen LogP contribution in [0.4, 0.5) is 0 Å². The first-order chi connectivity index (χ1) is 9.20. The van der Waals surface area contributed by atoms with Gasteiger partial charge < -0.3 is 4.74 Å². The Labute approximate surface area is 115 Å². The van der Waals surface area contributed by atoms with Crippen molar-refractivity contribution in [1.82, 2.24) is 19.8 Å². The number of ether oxygens (including phenoxy) is 1. The zero-order chi connectivity index (χ0) is 13.4. The van der Waals surface area contributed by atoms with Crippen LogP contribution in [0.1, 0.15) is 5.56 Å². The maximum absolute atomic E-state index is 5.45. The molecule has 0 saturated carbocycles. The van der Waals surface area contributed by atoms with Crippen LogP contribution in [0.2, 0.25) is 0 Å². The van der Waals surface area contributed by atoms with Crippen LogP contribution in [-0.4, -0.2) is 26.9 Å². The summed E-state index contributed by atoms with van der Waals surface area (Å²) in [6, 6.07) is 5.78. The number of imidazole rings is 1. The number of methoxy groups -OCH3 is 1. The van der Waals surface area contributed by atoms with E-state index in [0.29, 0.717) is 0 Å². The second-order valence-electron chi connectivity index (χ2n) is 4.16. The summed E-state index contributed by atoms with van der Waals surface area (Å²) in [5, 5.41) is 7.79. The molecule has 6 heteroatoms. The normalized spacial score (nSPS) is 10.9. The molecule has 3 rings (SSSR count). The van der Waals surface area contributed by atoms with E-state index >= 15 is 0 Å². The van der Waals surface area contributed by atoms with E-state index in [-0.39, 0.29) is 0 Å². The van der Waals surface area contributed by atoms with Gasteiger partial charge in [0.15, 0.2) is 5.65 Å². The van der Waals surface area contributed by atoms with Gasteiger partial charge in [0.05, 0.1) is 25.2 Å². The van der Waals surface area contributed by atoms with Crippen molar-refractivity contribution >= 4 is 18.3 Å². The van der Waals surface area contributed by atoms with Gasteiger partial charge in [-0.1, -0.05) is 11.3 Å². The number of benzene rings is 1. The number of rotatable bonds is 2. The summed E-state index contributed by atoms with van der Waals surface area (Å²) in [4.78, 5) is 5.33. The molecule has 0 radical (unpaired) electrons. The fourth-order valence-corrected chi connectivity index (χ4v) is 2.25. The van der Waals surface area contributed by atoms with E-state index < -0.39 is 0 Å². The molecule has 0 N–H and O–H groups in total. The Morgan fingerprint density at radius 2 is 2.11 bits per heavy atom. The van der Waals surface area contributed by atoms with Crippen LogP contribution in [0.25, 0.3) is 16.9 Å². The number of thiol groups is 1. The molecule has 2 aromatic heterocycles. The van der Waals surface area contributed by atoms with Gasteiger partial charge >= 0.3 is 0 Å². The zero-order valence-corrected chi connectivity index (χ0v) is 11.4. The Morgan fingerprint density at radius 1 is 1.26 bits per heavy atom. The molecule has 0 aliphatic heterocycles. The molecule has 0 unspecified atom stereocenters. The Bertz CT molecular complexity index is 720. The third-order valence-corrected chi connectivity index (χ3v) is 3.52. The summed E-state index contributed by atoms with van der Waals surface area (Å²) in [6.45, 7) is 1.99. The van der Waals surface area contributed by atoms with Crippen LogP contribution in [0.5, 0.6) is 5.75 Å². The van der Waals surface area contributed by atoms with Crippen LogP contribution in [0, 0.1) is 6.92 Å². The lowest BCUT2D eigenvalue weighted by molar-refractivity contribution is 0.406. The number of aromatic nitrogens is 4. The average molecular weight is 272 g/mol. The molecule has 0 atom stereocenters. The van der Waals surface area contributed by atoms with Crippen molar-refractivity contribution in [1.29, 1.82) is 0 Å². The Balaban J connectivity index is 2.23. The van der Waals surface area contributed by atoms with Gasteiger partial charge in [-0.15, -0.1) is 17.7 Å². The Kier molecular flexibility index (Phi) is 2.87. The van der Waals surface area contributed by atoms with E-state index in [2.05, 4.69) is 27.9 Å². The highest BCUT2D eigenvalue weighted by molar-refractivity contribution is 7.80. The number of aryl methyl sites for hydroxylation is 1. The molecule has 3 aromatic rings. The molecule has 0 aliphatic carbocycles. The van der Waals surface area contributed by atoms with Crippen molar-refractivity contribution < 1.29 is 4.74 Å². The maximum Gasteiger partial charge on any atom is 0.157 e. The van der Waals surface area contributed by atoms with Crippen LogP contribution in [0.15, 0.2) is 35.5 Å². The van der Waals surface area contributed by atoms with E-state index in [4.69, 9.17) is 4.74 Å². The van der Waals surface area contributed by atoms with Gasteiger partial charge in [-0.05, 0) is 18.6 Å². The third kappa shape index (κ3) is 1.94. The highest BCUT2D eigenvalue weighted by Gasteiger charge is 2.14. The van der Waals surface area contributed by atoms with Gasteiger partial charge in [-0.2, -0.15) is 0 Å². The molecule has 0 spiro atoms. The number of hydrogen-bond donors (Lipinski definition) is 1. The lowest BCUT2D eigenvalue weighted by Crippen LogP contribution is -1.92. The summed E-state index contributed by atoms with van der Waals surface area (Å²) < 4.78 is 7.08. The zero-order valence-electron chi connectivity index (χ0n) is 10.5. The Morgan fingerprint density at radius 3 is 2.84 bits per heavy atom. The fraction of sp³-hybridized carbons (Fsp3) is 0.154. The van der Waals surface area contributed by atoms with Crippen molar-refractivity contribution in [2.45, 2.75) is 11.8 Å². The lowest BCUT2D eigenvalue weighted by atomic mass is 10.1. The predicted molar refractivity (Wildman–Crippen MR) is 74.8 cm³/mol. The van der Waals surface area contributed by atoms with Crippen molar-refractivity contribution in [3.63, 3.8) is 0 Å². The molecular formula is C13H12N4OS. The minimum atomic E-state index is 0.722. The van der Waals surface area contributed by atoms with E-state index in [1.807, 2.05) is 25.3 Å². The molecule has 19 heavy (non-hydrogen) atoms. The standard InChI is InChI=1S/C13H12N4OS/c1-8-3-4-9(12(18-2)13(8)19)10-7-17-11(15-10)5-6-14-16-17/h3-7,19H,1-2H3. The minimum Gasteiger partial charge on any atom is -0.495 e. The maximum atomic E-state index is 5.45. The second kappa shape index (κ2) is 4.55. The molecule has 2 heterocycles. The van der Waals surface area contributed by atoms with Gasteiger partial charge in [-0.25, -0.2) is 9.50 Å². The summed E-state index contributed by atoms with van der Waals surface area (Å²) >= 11 is 4.49. The van der Waals surface area contributed by atoms with Gasteiger partial charge in [-0.3, -0.25) is 0 Å². The number of fused-ring (bicyclic) bond motifs is 1. The Hall–Kier alpha value is -2.08. The first kappa shape index (κ1) is 12.0. The number of hydrogen-bond acceptors (Lipinski definition) is 5. The summed E-state index contributed by atoms with van der Waals surface area (Å²) in [5.74, 6) is 0.722. The first-order valence-electron chi connectivity index (χ1n) is 5.74. The monoisotopic (exact) mass is 272 g/mol. The highest BCUT2D eigenvalue weighted by atomic mass is 32.1. The molecule has 5 nitrogen and oxygen atoms in total. The van der Waals surface area contributed by atoms with E-state index in [1.54, 1.807) is 23.9 Å². The fourth-order valence-electron chi connectivity index (χ4n) is 1.96. The number of nitrogens with zero attached hydrogens (tertiary/aromatic N) is 4. The average Bonchev–Trinajstić information content (AvgIpc) is 2.85. The van der Waals surface area contributed by atoms with Crippen molar-refractivity contribution in [3.8, 4) is 17.0 Å². The van der Waals surface area contributed by atoms with Crippen LogP contribution in [-0.2, 0) is 0 Å². The van der Waals surface area contributed by atoms with Gasteiger partial charge in [0.2, 0.25) is 0 Å². The smallest absolute Gasteiger partial charge is 0.157 e. The quantitative estimate of drug-likeness (QED) is 0.728. The van der Waals surface area contributed by atoms with Crippen LogP contribution >= 0.6 is 12.6 Å². The second-order valence-corrected chi connectivity index (χ2v) is 4.61. The molecule has 0 fully saturated rings. The molecular weight excluding hydrogens is 260 g/mol. The minimum absolute atomic E-state index is 0.722. The van der Waals surface area contributed by atoms with Crippen LogP contribution in [0.3, 0.4) is 0 Å². The largest absolute Gasteiger partial charge is 0.495 e. The first-order valence-corrected chi connectivity index (χ1v) is 6.19. The molecule has 1 aromatic carbocycles. The van der Waals surface area contributed by atoms with E-state index in [9.17, 15) is 0 Å². The lowest BCUT2D eigenvalue weighted by Gasteiger charge is -2.10. The third-order valence-electron chi connectivity index (χ3n) is 2.97. The molecule has 0 amide bonds. The molecule has 96 valence electrons. The molecule has 0 aliphatic rings. The van der Waals surface area contributed by atoms with Gasteiger partial charge in [0, 0.05) is 16.5 Å². The molecule has 0 saturated heterocycles. The molecule has 0 bridgehead atoms. The van der Waals surface area contributed by atoms with Gasteiger partial charge in [0.1, 0.15) is 5.75 Å².